The van der Waals surface area contributed by atoms with Crippen molar-refractivity contribution in [1.82, 2.24) is 9.78 Å². The fourth-order valence-electron chi connectivity index (χ4n) is 3.51. The van der Waals surface area contributed by atoms with Gasteiger partial charge in [0.2, 0.25) is 5.91 Å². The Bertz CT molecular complexity index is 1060. The number of hydrogen-bond acceptors (Lipinski definition) is 5. The second-order valence-electron chi connectivity index (χ2n) is 7.14. The third-order valence-electron chi connectivity index (χ3n) is 5.08. The molecule has 1 aliphatic heterocycles. The van der Waals surface area contributed by atoms with Crippen LogP contribution in [-0.2, 0) is 16.0 Å². The van der Waals surface area contributed by atoms with E-state index in [2.05, 4.69) is 5.10 Å². The number of carbonyl (C=O) groups excluding carboxylic acids is 2. The van der Waals surface area contributed by atoms with Crippen LogP contribution in [-0.4, -0.2) is 40.9 Å². The van der Waals surface area contributed by atoms with E-state index >= 15 is 0 Å². The molecule has 0 saturated heterocycles. The molecule has 154 valence electrons. The maximum Gasteiger partial charge on any atom is 0.237 e. The Morgan fingerprint density at radius 1 is 1.13 bits per heavy atom. The second kappa shape index (κ2) is 8.75. The minimum Gasteiger partial charge on any atom is -0.497 e. The fourth-order valence-corrected chi connectivity index (χ4v) is 4.59. The maximum absolute atomic E-state index is 12.7. The van der Waals surface area contributed by atoms with Crippen molar-refractivity contribution in [3.63, 3.8) is 0 Å². The minimum atomic E-state index is -0.0546. The zero-order valence-corrected chi connectivity index (χ0v) is 17.8. The van der Waals surface area contributed by atoms with E-state index in [9.17, 15) is 9.59 Å². The number of nitrogens with zero attached hydrogens (tertiary/aromatic N) is 3. The summed E-state index contributed by atoms with van der Waals surface area (Å²) in [6.45, 7) is 1.95. The highest BCUT2D eigenvalue weighted by molar-refractivity contribution is 8.00. The van der Waals surface area contributed by atoms with Crippen molar-refractivity contribution in [3.05, 3.63) is 65.9 Å². The number of carbonyl (C=O) groups is 2. The summed E-state index contributed by atoms with van der Waals surface area (Å²) in [6, 6.07) is 17.5. The SMILES string of the molecule is COc1ccc(CCC(=O)CN2C(=O)CSc3c2c(C)nn3-c2ccccc2)cc1. The van der Waals surface area contributed by atoms with E-state index in [1.807, 2.05) is 66.2 Å². The number of amides is 1. The molecule has 2 heterocycles. The lowest BCUT2D eigenvalue weighted by atomic mass is 10.1. The predicted octanol–water partition coefficient (Wildman–Crippen LogP) is 3.83. The van der Waals surface area contributed by atoms with Crippen molar-refractivity contribution >= 4 is 29.1 Å². The van der Waals surface area contributed by atoms with Crippen LogP contribution in [0, 0.1) is 6.92 Å². The van der Waals surface area contributed by atoms with Crippen LogP contribution in [0.1, 0.15) is 17.7 Å². The van der Waals surface area contributed by atoms with E-state index in [-0.39, 0.29) is 18.2 Å². The van der Waals surface area contributed by atoms with Crippen LogP contribution in [0.5, 0.6) is 5.75 Å². The van der Waals surface area contributed by atoms with Gasteiger partial charge in [0, 0.05) is 6.42 Å². The van der Waals surface area contributed by atoms with Gasteiger partial charge in [-0.25, -0.2) is 4.68 Å². The summed E-state index contributed by atoms with van der Waals surface area (Å²) < 4.78 is 7.02. The van der Waals surface area contributed by atoms with E-state index in [1.165, 1.54) is 11.8 Å². The third-order valence-corrected chi connectivity index (χ3v) is 6.11. The fraction of sp³-hybridized carbons (Fsp3) is 0.261. The highest BCUT2D eigenvalue weighted by Gasteiger charge is 2.32. The van der Waals surface area contributed by atoms with Crippen molar-refractivity contribution in [2.45, 2.75) is 24.8 Å². The lowest BCUT2D eigenvalue weighted by Crippen LogP contribution is -2.39. The monoisotopic (exact) mass is 421 g/mol. The summed E-state index contributed by atoms with van der Waals surface area (Å²) in [4.78, 5) is 26.9. The summed E-state index contributed by atoms with van der Waals surface area (Å²) in [7, 11) is 1.63. The summed E-state index contributed by atoms with van der Waals surface area (Å²) in [6.07, 6.45) is 1.01. The van der Waals surface area contributed by atoms with Crippen molar-refractivity contribution in [2.75, 3.05) is 24.3 Å². The molecule has 0 unspecified atom stereocenters. The van der Waals surface area contributed by atoms with E-state index in [4.69, 9.17) is 4.74 Å². The summed E-state index contributed by atoms with van der Waals surface area (Å²) in [5, 5.41) is 5.55. The topological polar surface area (TPSA) is 64.4 Å². The molecule has 0 atom stereocenters. The van der Waals surface area contributed by atoms with Gasteiger partial charge in [-0.2, -0.15) is 5.10 Å². The molecule has 3 aromatic rings. The smallest absolute Gasteiger partial charge is 0.237 e. The zero-order chi connectivity index (χ0) is 21.1. The number of methoxy groups -OCH3 is 1. The second-order valence-corrected chi connectivity index (χ2v) is 8.11. The van der Waals surface area contributed by atoms with Crippen molar-refractivity contribution in [1.29, 1.82) is 0 Å². The van der Waals surface area contributed by atoms with Crippen LogP contribution in [0.15, 0.2) is 59.6 Å². The first kappa shape index (κ1) is 20.2. The lowest BCUT2D eigenvalue weighted by molar-refractivity contribution is -0.121. The molecule has 1 aromatic heterocycles. The van der Waals surface area contributed by atoms with Gasteiger partial charge in [-0.15, -0.1) is 0 Å². The Labute approximate surface area is 179 Å². The number of hydrogen-bond donors (Lipinski definition) is 0. The average molecular weight is 422 g/mol. The molecule has 0 bridgehead atoms. The molecular weight excluding hydrogens is 398 g/mol. The molecule has 7 heteroatoms. The molecule has 0 N–H and O–H groups in total. The van der Waals surface area contributed by atoms with E-state index in [0.29, 0.717) is 18.6 Å². The van der Waals surface area contributed by atoms with Gasteiger partial charge in [0.15, 0.2) is 5.78 Å². The van der Waals surface area contributed by atoms with Crippen LogP contribution < -0.4 is 9.64 Å². The number of ether oxygens (including phenoxy) is 1. The molecule has 1 aliphatic rings. The average Bonchev–Trinajstić information content (AvgIpc) is 3.12. The van der Waals surface area contributed by atoms with Gasteiger partial charge in [-0.3, -0.25) is 9.59 Å². The van der Waals surface area contributed by atoms with Crippen LogP contribution in [0.4, 0.5) is 5.69 Å². The normalized spacial score (nSPS) is 13.3. The van der Waals surface area contributed by atoms with Crippen LogP contribution in [0.3, 0.4) is 0 Å². The van der Waals surface area contributed by atoms with Crippen LogP contribution >= 0.6 is 11.8 Å². The first-order valence-electron chi connectivity index (χ1n) is 9.79. The van der Waals surface area contributed by atoms with Crippen LogP contribution in [0.25, 0.3) is 5.69 Å². The Morgan fingerprint density at radius 2 is 1.87 bits per heavy atom. The maximum atomic E-state index is 12.7. The molecule has 4 rings (SSSR count). The van der Waals surface area contributed by atoms with E-state index in [0.717, 1.165) is 33.4 Å². The summed E-state index contributed by atoms with van der Waals surface area (Å²) >= 11 is 1.47. The zero-order valence-electron chi connectivity index (χ0n) is 17.0. The first-order chi connectivity index (χ1) is 14.6. The molecule has 1 amide bonds. The Morgan fingerprint density at radius 3 is 2.57 bits per heavy atom. The minimum absolute atomic E-state index is 0.0314. The number of anilines is 1. The van der Waals surface area contributed by atoms with Gasteiger partial charge >= 0.3 is 0 Å². The highest BCUT2D eigenvalue weighted by Crippen LogP contribution is 2.39. The number of thioether (sulfide) groups is 1. The number of para-hydroxylation sites is 1. The van der Waals surface area contributed by atoms with Crippen molar-refractivity contribution in [2.24, 2.45) is 0 Å². The quantitative estimate of drug-likeness (QED) is 0.580. The standard InChI is InChI=1S/C23H23N3O3S/c1-16-22-23(26(24-16)18-6-4-3-5-7-18)30-15-21(28)25(22)14-19(27)11-8-17-9-12-20(29-2)13-10-17/h3-7,9-10,12-13H,8,11,14-15H2,1-2H3. The van der Waals surface area contributed by atoms with E-state index in [1.54, 1.807) is 12.0 Å². The largest absolute Gasteiger partial charge is 0.497 e. The predicted molar refractivity (Wildman–Crippen MR) is 118 cm³/mol. The van der Waals surface area contributed by atoms with Gasteiger partial charge < -0.3 is 9.64 Å². The molecule has 0 radical (unpaired) electrons. The Balaban J connectivity index is 1.50. The van der Waals surface area contributed by atoms with Gasteiger partial charge in [-0.05, 0) is 43.2 Å². The summed E-state index contributed by atoms with van der Waals surface area (Å²) in [5.74, 6) is 1.07. The molecule has 0 spiro atoms. The van der Waals surface area contributed by atoms with Gasteiger partial charge in [0.05, 0.1) is 36.5 Å². The molecular formula is C23H23N3O3S. The van der Waals surface area contributed by atoms with Crippen LogP contribution in [0.2, 0.25) is 0 Å². The highest BCUT2D eigenvalue weighted by atomic mass is 32.2. The molecule has 6 nitrogen and oxygen atoms in total. The Kier molecular flexibility index (Phi) is 5.90. The number of Topliss-reactive ketones (excluding diaryl/α,β-unsaturated/α-hetero) is 1. The van der Waals surface area contributed by atoms with Crippen molar-refractivity contribution < 1.29 is 14.3 Å². The molecule has 30 heavy (non-hydrogen) atoms. The molecule has 0 fully saturated rings. The van der Waals surface area contributed by atoms with Gasteiger partial charge in [0.1, 0.15) is 10.8 Å². The van der Waals surface area contributed by atoms with E-state index < -0.39 is 0 Å². The lowest BCUT2D eigenvalue weighted by Gasteiger charge is -2.27. The number of benzene rings is 2. The number of aromatic nitrogens is 2. The number of ketones is 1. The molecule has 0 saturated carbocycles. The van der Waals surface area contributed by atoms with Gasteiger partial charge in [-0.1, -0.05) is 42.1 Å². The van der Waals surface area contributed by atoms with Gasteiger partial charge in [0.25, 0.3) is 0 Å². The number of rotatable bonds is 7. The number of fused-ring (bicyclic) bond motifs is 1. The van der Waals surface area contributed by atoms with Crippen molar-refractivity contribution in [3.8, 4) is 11.4 Å². The third kappa shape index (κ3) is 4.11. The first-order valence-corrected chi connectivity index (χ1v) is 10.8. The molecule has 2 aromatic carbocycles. The summed E-state index contributed by atoms with van der Waals surface area (Å²) in [5.41, 5.74) is 3.50. The molecule has 0 aliphatic carbocycles. The Hall–Kier alpha value is -3.06. The number of aryl methyl sites for hydroxylation is 2.